The van der Waals surface area contributed by atoms with Crippen molar-refractivity contribution in [3.8, 4) is 17.1 Å². The fourth-order valence-electron chi connectivity index (χ4n) is 1.46. The summed E-state index contributed by atoms with van der Waals surface area (Å²) in [5.41, 5.74) is 0.642. The molecule has 0 atom stereocenters. The number of hydrogen-bond acceptors (Lipinski definition) is 3. The summed E-state index contributed by atoms with van der Waals surface area (Å²) in [6.07, 6.45) is 1.47. The molecule has 0 fully saturated rings. The van der Waals surface area contributed by atoms with Crippen LogP contribution in [0.2, 0.25) is 0 Å². The molecule has 78 valence electrons. The molecule has 0 amide bonds. The molecule has 4 nitrogen and oxygen atoms in total. The zero-order chi connectivity index (χ0) is 11.0. The van der Waals surface area contributed by atoms with Crippen LogP contribution in [0.1, 0.15) is 5.69 Å². The van der Waals surface area contributed by atoms with Crippen molar-refractivity contribution in [2.24, 2.45) is 7.05 Å². The highest BCUT2D eigenvalue weighted by Gasteiger charge is 2.14. The lowest BCUT2D eigenvalue weighted by Crippen LogP contribution is -2.20. The molecule has 2 aromatic rings. The number of hydrogen-bond donors (Lipinski definition) is 1. The van der Waals surface area contributed by atoms with Gasteiger partial charge in [-0.3, -0.25) is 4.79 Å². The third-order valence-corrected chi connectivity index (χ3v) is 2.42. The molecular formula is C11H11NO3. The third kappa shape index (κ3) is 1.44. The van der Waals surface area contributed by atoms with Crippen LogP contribution >= 0.6 is 0 Å². The summed E-state index contributed by atoms with van der Waals surface area (Å²) in [5.74, 6) is 0.332. The van der Waals surface area contributed by atoms with E-state index < -0.39 is 0 Å². The Kier molecular flexibility index (Phi) is 2.11. The maximum atomic E-state index is 11.9. The van der Waals surface area contributed by atoms with Crippen LogP contribution in [0.5, 0.6) is 5.75 Å². The highest BCUT2D eigenvalue weighted by Crippen LogP contribution is 2.26. The van der Waals surface area contributed by atoms with Gasteiger partial charge in [0.15, 0.2) is 0 Å². The minimum atomic E-state index is -0.262. The third-order valence-electron chi connectivity index (χ3n) is 2.42. The van der Waals surface area contributed by atoms with Crippen LogP contribution in [0, 0.1) is 6.92 Å². The molecule has 2 aromatic heterocycles. The minimum absolute atomic E-state index is 0.0504. The predicted molar refractivity (Wildman–Crippen MR) is 55.8 cm³/mol. The number of nitrogens with zero attached hydrogens (tertiary/aromatic N) is 1. The standard InChI is InChI=1S/C11H11NO3/c1-7-6-8(13)10(11(14)12(7)2)9-4-3-5-15-9/h3-6,13H,1-2H3. The summed E-state index contributed by atoms with van der Waals surface area (Å²) in [7, 11) is 1.66. The maximum Gasteiger partial charge on any atom is 0.265 e. The van der Waals surface area contributed by atoms with Gasteiger partial charge >= 0.3 is 0 Å². The van der Waals surface area contributed by atoms with E-state index in [0.717, 1.165) is 0 Å². The van der Waals surface area contributed by atoms with Crippen LogP contribution in [-0.2, 0) is 7.05 Å². The highest BCUT2D eigenvalue weighted by molar-refractivity contribution is 5.64. The summed E-state index contributed by atoms with van der Waals surface area (Å²) >= 11 is 0. The predicted octanol–water partition coefficient (Wildman–Crippen LogP) is 1.66. The molecule has 0 aliphatic heterocycles. The molecule has 2 heterocycles. The molecule has 1 N–H and O–H groups in total. The van der Waals surface area contributed by atoms with Gasteiger partial charge in [0.2, 0.25) is 0 Å². The van der Waals surface area contributed by atoms with Crippen LogP contribution < -0.4 is 5.56 Å². The van der Waals surface area contributed by atoms with Crippen molar-refractivity contribution in [2.45, 2.75) is 6.92 Å². The van der Waals surface area contributed by atoms with E-state index in [1.54, 1.807) is 32.2 Å². The van der Waals surface area contributed by atoms with Gasteiger partial charge in [0, 0.05) is 18.8 Å². The summed E-state index contributed by atoms with van der Waals surface area (Å²) in [4.78, 5) is 11.9. The first-order chi connectivity index (χ1) is 7.11. The molecule has 0 aromatic carbocycles. The Morgan fingerprint density at radius 3 is 2.80 bits per heavy atom. The van der Waals surface area contributed by atoms with Gasteiger partial charge < -0.3 is 14.1 Å². The number of aromatic nitrogens is 1. The molecular weight excluding hydrogens is 194 g/mol. The van der Waals surface area contributed by atoms with E-state index in [1.165, 1.54) is 10.8 Å². The molecule has 4 heteroatoms. The molecule has 0 saturated heterocycles. The van der Waals surface area contributed by atoms with Crippen molar-refractivity contribution >= 4 is 0 Å². The van der Waals surface area contributed by atoms with Crippen molar-refractivity contribution in [3.63, 3.8) is 0 Å². The van der Waals surface area contributed by atoms with Crippen molar-refractivity contribution in [1.29, 1.82) is 0 Å². The van der Waals surface area contributed by atoms with Crippen LogP contribution in [-0.4, -0.2) is 9.67 Å². The van der Waals surface area contributed by atoms with E-state index in [1.807, 2.05) is 0 Å². The fraction of sp³-hybridized carbons (Fsp3) is 0.182. The van der Waals surface area contributed by atoms with Gasteiger partial charge in [-0.2, -0.15) is 0 Å². The number of rotatable bonds is 1. The Balaban J connectivity index is 2.78. The monoisotopic (exact) mass is 205 g/mol. The van der Waals surface area contributed by atoms with Gasteiger partial charge in [-0.25, -0.2) is 0 Å². The fourth-order valence-corrected chi connectivity index (χ4v) is 1.46. The molecule has 0 aliphatic rings. The van der Waals surface area contributed by atoms with Crippen LogP contribution in [0.4, 0.5) is 0 Å². The topological polar surface area (TPSA) is 55.4 Å². The summed E-state index contributed by atoms with van der Waals surface area (Å²) in [6, 6.07) is 4.86. The second kappa shape index (κ2) is 3.31. The average Bonchev–Trinajstić information content (AvgIpc) is 2.68. The number of aromatic hydroxyl groups is 1. The lowest BCUT2D eigenvalue weighted by atomic mass is 10.2. The van der Waals surface area contributed by atoms with E-state index in [2.05, 4.69) is 0 Å². The molecule has 2 rings (SSSR count). The Morgan fingerprint density at radius 2 is 2.20 bits per heavy atom. The SMILES string of the molecule is Cc1cc(O)c(-c2ccco2)c(=O)n1C. The molecule has 0 saturated carbocycles. The zero-order valence-corrected chi connectivity index (χ0v) is 8.52. The second-order valence-electron chi connectivity index (χ2n) is 3.39. The number of furan rings is 1. The lowest BCUT2D eigenvalue weighted by Gasteiger charge is -2.07. The van der Waals surface area contributed by atoms with Gasteiger partial charge in [0.05, 0.1) is 6.26 Å². The zero-order valence-electron chi connectivity index (χ0n) is 8.52. The Bertz CT molecular complexity index is 538. The lowest BCUT2D eigenvalue weighted by molar-refractivity contribution is 0.469. The van der Waals surface area contributed by atoms with Crippen LogP contribution in [0.3, 0.4) is 0 Å². The van der Waals surface area contributed by atoms with Crippen LogP contribution in [0.25, 0.3) is 11.3 Å². The first-order valence-electron chi connectivity index (χ1n) is 4.54. The largest absolute Gasteiger partial charge is 0.507 e. The number of aryl methyl sites for hydroxylation is 1. The number of pyridine rings is 1. The smallest absolute Gasteiger partial charge is 0.265 e. The van der Waals surface area contributed by atoms with E-state index >= 15 is 0 Å². The Morgan fingerprint density at radius 1 is 1.47 bits per heavy atom. The summed E-state index contributed by atoms with van der Waals surface area (Å²) in [6.45, 7) is 1.76. The van der Waals surface area contributed by atoms with Gasteiger partial charge in [-0.1, -0.05) is 0 Å². The molecule has 0 aliphatic carbocycles. The Hall–Kier alpha value is -1.97. The van der Waals surface area contributed by atoms with Gasteiger partial charge in [-0.15, -0.1) is 0 Å². The first-order valence-corrected chi connectivity index (χ1v) is 4.54. The molecule has 0 spiro atoms. The summed E-state index contributed by atoms with van der Waals surface area (Å²) in [5, 5.41) is 9.70. The normalized spacial score (nSPS) is 10.5. The van der Waals surface area contributed by atoms with Crippen molar-refractivity contribution in [3.05, 3.63) is 40.5 Å². The van der Waals surface area contributed by atoms with Crippen molar-refractivity contribution in [1.82, 2.24) is 4.57 Å². The highest BCUT2D eigenvalue weighted by atomic mass is 16.3. The van der Waals surface area contributed by atoms with E-state index in [9.17, 15) is 9.90 Å². The van der Waals surface area contributed by atoms with Crippen molar-refractivity contribution in [2.75, 3.05) is 0 Å². The van der Waals surface area contributed by atoms with E-state index in [-0.39, 0.29) is 16.9 Å². The van der Waals surface area contributed by atoms with Gasteiger partial charge in [0.25, 0.3) is 5.56 Å². The van der Waals surface area contributed by atoms with Crippen molar-refractivity contribution < 1.29 is 9.52 Å². The summed E-state index contributed by atoms with van der Waals surface area (Å²) < 4.78 is 6.57. The quantitative estimate of drug-likeness (QED) is 0.770. The minimum Gasteiger partial charge on any atom is -0.507 e. The molecule has 15 heavy (non-hydrogen) atoms. The molecule has 0 unspecified atom stereocenters. The van der Waals surface area contributed by atoms with Gasteiger partial charge in [-0.05, 0) is 19.1 Å². The average molecular weight is 205 g/mol. The second-order valence-corrected chi connectivity index (χ2v) is 3.39. The molecule has 0 bridgehead atoms. The van der Waals surface area contributed by atoms with E-state index in [4.69, 9.17) is 4.42 Å². The van der Waals surface area contributed by atoms with Gasteiger partial charge in [0.1, 0.15) is 17.1 Å². The maximum absolute atomic E-state index is 11.9. The Labute approximate surface area is 86.4 Å². The first kappa shape index (κ1) is 9.58. The molecule has 0 radical (unpaired) electrons. The van der Waals surface area contributed by atoms with Crippen LogP contribution in [0.15, 0.2) is 33.7 Å². The van der Waals surface area contributed by atoms with E-state index in [0.29, 0.717) is 11.5 Å².